The third-order valence-corrected chi connectivity index (χ3v) is 8.51. The number of hydrogen-bond acceptors (Lipinski definition) is 5. The maximum Gasteiger partial charge on any atom is 0.247 e. The number of piperidine rings is 1. The van der Waals surface area contributed by atoms with Crippen LogP contribution in [-0.2, 0) is 19.6 Å². The number of ether oxygens (including phenoxy) is 1. The smallest absolute Gasteiger partial charge is 0.247 e. The molecule has 0 spiro atoms. The van der Waals surface area contributed by atoms with Crippen LogP contribution in [0, 0.1) is 11.8 Å². The second-order valence-corrected chi connectivity index (χ2v) is 11.3. The predicted octanol–water partition coefficient (Wildman–Crippen LogP) is 3.53. The highest BCUT2D eigenvalue weighted by atomic mass is 32.2. The third-order valence-electron chi connectivity index (χ3n) is 6.59. The van der Waals surface area contributed by atoms with Crippen molar-refractivity contribution in [2.75, 3.05) is 25.5 Å². The molecule has 2 N–H and O–H groups in total. The Morgan fingerprint density at radius 3 is 2.27 bits per heavy atom. The Morgan fingerprint density at radius 1 is 1.03 bits per heavy atom. The van der Waals surface area contributed by atoms with Gasteiger partial charge in [-0.3, -0.25) is 9.59 Å². The summed E-state index contributed by atoms with van der Waals surface area (Å²) in [7, 11) is -2.32. The van der Waals surface area contributed by atoms with Crippen molar-refractivity contribution in [3.05, 3.63) is 18.2 Å². The van der Waals surface area contributed by atoms with E-state index in [9.17, 15) is 18.0 Å². The molecule has 1 saturated carbocycles. The van der Waals surface area contributed by atoms with Crippen LogP contribution >= 0.6 is 0 Å². The fourth-order valence-electron chi connectivity index (χ4n) is 4.59. The number of rotatable bonds is 8. The van der Waals surface area contributed by atoms with Crippen LogP contribution in [0.15, 0.2) is 23.1 Å². The molecule has 1 saturated heterocycles. The van der Waals surface area contributed by atoms with E-state index in [2.05, 4.69) is 10.6 Å². The van der Waals surface area contributed by atoms with E-state index in [0.29, 0.717) is 18.8 Å². The third kappa shape index (κ3) is 6.26. The van der Waals surface area contributed by atoms with E-state index in [1.165, 1.54) is 17.5 Å². The molecule has 33 heavy (non-hydrogen) atoms. The SMILES string of the molecule is COc1ccc(NC(=O)[C@@H](NC(=O)C2CCCCC2)C(C)C)cc1S(=O)(=O)N1CCCCC1. The first-order valence-electron chi connectivity index (χ1n) is 12.0. The standard InChI is InChI=1S/C24H37N3O5S/c1-17(2)22(26-23(28)18-10-6-4-7-11-18)24(29)25-19-12-13-20(32-3)21(16-19)33(30,31)27-14-8-5-9-15-27/h12-13,16-18,22H,4-11,14-15H2,1-3H3,(H,25,29)(H,26,28)/t22-/m0/s1. The van der Waals surface area contributed by atoms with E-state index >= 15 is 0 Å². The molecule has 8 nitrogen and oxygen atoms in total. The summed E-state index contributed by atoms with van der Waals surface area (Å²) in [4.78, 5) is 25.8. The normalized spacial score (nSPS) is 19.2. The summed E-state index contributed by atoms with van der Waals surface area (Å²) in [6.07, 6.45) is 7.61. The summed E-state index contributed by atoms with van der Waals surface area (Å²) in [5.41, 5.74) is 0.356. The molecule has 0 unspecified atom stereocenters. The van der Waals surface area contributed by atoms with Gasteiger partial charge >= 0.3 is 0 Å². The lowest BCUT2D eigenvalue weighted by atomic mass is 9.88. The van der Waals surface area contributed by atoms with Gasteiger partial charge in [0.2, 0.25) is 21.8 Å². The highest BCUT2D eigenvalue weighted by Crippen LogP contribution is 2.31. The van der Waals surface area contributed by atoms with Gasteiger partial charge in [0.1, 0.15) is 16.7 Å². The van der Waals surface area contributed by atoms with Crippen LogP contribution in [0.4, 0.5) is 5.69 Å². The van der Waals surface area contributed by atoms with E-state index in [4.69, 9.17) is 4.74 Å². The quantitative estimate of drug-likeness (QED) is 0.594. The Morgan fingerprint density at radius 2 is 1.67 bits per heavy atom. The highest BCUT2D eigenvalue weighted by molar-refractivity contribution is 7.89. The van der Waals surface area contributed by atoms with Gasteiger partial charge in [-0.1, -0.05) is 39.5 Å². The van der Waals surface area contributed by atoms with Crippen LogP contribution in [0.5, 0.6) is 5.75 Å². The lowest BCUT2D eigenvalue weighted by Gasteiger charge is -2.27. The number of nitrogens with zero attached hydrogens (tertiary/aromatic N) is 1. The van der Waals surface area contributed by atoms with Crippen LogP contribution in [0.3, 0.4) is 0 Å². The van der Waals surface area contributed by atoms with Gasteiger partial charge in [0.25, 0.3) is 0 Å². The van der Waals surface area contributed by atoms with E-state index in [1.54, 1.807) is 12.1 Å². The molecule has 2 aliphatic rings. The van der Waals surface area contributed by atoms with Crippen molar-refractivity contribution in [1.29, 1.82) is 0 Å². The van der Waals surface area contributed by atoms with Crippen molar-refractivity contribution < 1.29 is 22.7 Å². The molecule has 0 radical (unpaired) electrons. The van der Waals surface area contributed by atoms with Gasteiger partial charge in [-0.25, -0.2) is 8.42 Å². The monoisotopic (exact) mass is 479 g/mol. The summed E-state index contributed by atoms with van der Waals surface area (Å²) in [5.74, 6) is -0.362. The molecular weight excluding hydrogens is 442 g/mol. The minimum absolute atomic E-state index is 0.0389. The van der Waals surface area contributed by atoms with Crippen LogP contribution in [0.1, 0.15) is 65.2 Å². The maximum absolute atomic E-state index is 13.2. The van der Waals surface area contributed by atoms with Crippen molar-refractivity contribution in [2.45, 2.75) is 76.2 Å². The van der Waals surface area contributed by atoms with Gasteiger partial charge in [0.05, 0.1) is 7.11 Å². The van der Waals surface area contributed by atoms with Crippen molar-refractivity contribution in [3.8, 4) is 5.75 Å². The molecule has 1 atom stereocenters. The second-order valence-electron chi connectivity index (χ2n) is 9.38. The molecule has 0 aromatic heterocycles. The first-order chi connectivity index (χ1) is 15.7. The number of carbonyl (C=O) groups excluding carboxylic acids is 2. The van der Waals surface area contributed by atoms with Crippen LogP contribution in [0.25, 0.3) is 0 Å². The van der Waals surface area contributed by atoms with Crippen molar-refractivity contribution in [1.82, 2.24) is 9.62 Å². The van der Waals surface area contributed by atoms with E-state index in [1.807, 2.05) is 13.8 Å². The number of anilines is 1. The minimum atomic E-state index is -3.75. The van der Waals surface area contributed by atoms with Crippen molar-refractivity contribution in [3.63, 3.8) is 0 Å². The Bertz CT molecular complexity index is 935. The zero-order valence-electron chi connectivity index (χ0n) is 19.9. The first-order valence-corrected chi connectivity index (χ1v) is 13.5. The lowest BCUT2D eigenvalue weighted by Crippen LogP contribution is -2.49. The summed E-state index contributed by atoms with van der Waals surface area (Å²) < 4.78 is 33.3. The zero-order chi connectivity index (χ0) is 24.0. The molecule has 2 fully saturated rings. The van der Waals surface area contributed by atoms with Crippen molar-refractivity contribution >= 4 is 27.5 Å². The molecule has 1 aliphatic heterocycles. The molecule has 9 heteroatoms. The van der Waals surface area contributed by atoms with Gasteiger partial charge in [-0.05, 0) is 49.8 Å². The number of nitrogens with one attached hydrogen (secondary N) is 2. The molecular formula is C24H37N3O5S. The topological polar surface area (TPSA) is 105 Å². The molecule has 184 valence electrons. The molecule has 1 aliphatic carbocycles. The average Bonchev–Trinajstić information content (AvgIpc) is 2.83. The Hall–Kier alpha value is -2.13. The van der Waals surface area contributed by atoms with E-state index in [0.717, 1.165) is 51.4 Å². The summed E-state index contributed by atoms with van der Waals surface area (Å²) in [6.45, 7) is 4.71. The van der Waals surface area contributed by atoms with Gasteiger partial charge in [-0.2, -0.15) is 4.31 Å². The van der Waals surface area contributed by atoms with E-state index < -0.39 is 16.1 Å². The number of methoxy groups -OCH3 is 1. The average molecular weight is 480 g/mol. The zero-order valence-corrected chi connectivity index (χ0v) is 20.7. The number of carbonyl (C=O) groups is 2. The highest BCUT2D eigenvalue weighted by Gasteiger charge is 2.31. The number of sulfonamides is 1. The summed E-state index contributed by atoms with van der Waals surface area (Å²) >= 11 is 0. The summed E-state index contributed by atoms with van der Waals surface area (Å²) in [6, 6.07) is 3.91. The van der Waals surface area contributed by atoms with Crippen LogP contribution in [-0.4, -0.2) is 50.8 Å². The van der Waals surface area contributed by atoms with Gasteiger partial charge in [0, 0.05) is 24.7 Å². The van der Waals surface area contributed by atoms with Crippen LogP contribution < -0.4 is 15.4 Å². The molecule has 2 amide bonds. The molecule has 1 heterocycles. The lowest BCUT2D eigenvalue weighted by molar-refractivity contribution is -0.130. The summed E-state index contributed by atoms with van der Waals surface area (Å²) in [5, 5.41) is 5.73. The van der Waals surface area contributed by atoms with Gasteiger partial charge < -0.3 is 15.4 Å². The Kier molecular flexibility index (Phi) is 8.75. The molecule has 1 aromatic carbocycles. The minimum Gasteiger partial charge on any atom is -0.495 e. The number of amides is 2. The van der Waals surface area contributed by atoms with E-state index in [-0.39, 0.29) is 34.3 Å². The second kappa shape index (κ2) is 11.3. The fraction of sp³-hybridized carbons (Fsp3) is 0.667. The first kappa shape index (κ1) is 25.5. The molecule has 0 bridgehead atoms. The number of benzene rings is 1. The largest absolute Gasteiger partial charge is 0.495 e. The number of hydrogen-bond donors (Lipinski definition) is 2. The van der Waals surface area contributed by atoms with Crippen LogP contribution in [0.2, 0.25) is 0 Å². The molecule has 3 rings (SSSR count). The molecule has 1 aromatic rings. The Balaban J connectivity index is 1.77. The Labute approximate surface area is 197 Å². The predicted molar refractivity (Wildman–Crippen MR) is 128 cm³/mol. The fourth-order valence-corrected chi connectivity index (χ4v) is 6.29. The van der Waals surface area contributed by atoms with Crippen molar-refractivity contribution in [2.24, 2.45) is 11.8 Å². The van der Waals surface area contributed by atoms with Gasteiger partial charge in [0.15, 0.2) is 0 Å². The van der Waals surface area contributed by atoms with Gasteiger partial charge in [-0.15, -0.1) is 0 Å². The maximum atomic E-state index is 13.2.